The molecule has 102 valence electrons. The molecule has 0 saturated heterocycles. The fourth-order valence-electron chi connectivity index (χ4n) is 1.82. The van der Waals surface area contributed by atoms with Gasteiger partial charge in [0, 0.05) is 11.6 Å². The Labute approximate surface area is 118 Å². The minimum absolute atomic E-state index is 0.130. The van der Waals surface area contributed by atoms with Crippen LogP contribution in [0, 0.1) is 0 Å². The smallest absolute Gasteiger partial charge is 0.336 e. The molecule has 20 heavy (non-hydrogen) atoms. The number of para-hydroxylation sites is 2. The molecule has 0 aliphatic carbocycles. The maximum Gasteiger partial charge on any atom is 0.336 e. The number of carbonyl (C=O) groups excluding carboxylic acids is 1. The molecule has 2 aromatic carbocycles. The van der Waals surface area contributed by atoms with E-state index in [1.165, 1.54) is 12.2 Å². The summed E-state index contributed by atoms with van der Waals surface area (Å²) in [6.07, 6.45) is 3.64. The van der Waals surface area contributed by atoms with Crippen molar-refractivity contribution in [2.24, 2.45) is 0 Å². The van der Waals surface area contributed by atoms with Gasteiger partial charge in [-0.25, -0.2) is 4.79 Å². The SMILES string of the molecule is CCc1ccccc1OC(=O)C=Cc1ccccc1O. The number of aromatic hydroxyl groups is 1. The van der Waals surface area contributed by atoms with E-state index in [1.54, 1.807) is 30.3 Å². The highest BCUT2D eigenvalue weighted by atomic mass is 16.5. The van der Waals surface area contributed by atoms with Crippen molar-refractivity contribution in [2.45, 2.75) is 13.3 Å². The van der Waals surface area contributed by atoms with Crippen LogP contribution in [-0.4, -0.2) is 11.1 Å². The number of hydrogen-bond donors (Lipinski definition) is 1. The zero-order chi connectivity index (χ0) is 14.4. The van der Waals surface area contributed by atoms with Crippen LogP contribution in [0.3, 0.4) is 0 Å². The van der Waals surface area contributed by atoms with E-state index < -0.39 is 5.97 Å². The Morgan fingerprint density at radius 3 is 2.60 bits per heavy atom. The Balaban J connectivity index is 2.08. The van der Waals surface area contributed by atoms with Gasteiger partial charge in [0.05, 0.1) is 0 Å². The van der Waals surface area contributed by atoms with Crippen molar-refractivity contribution in [3.63, 3.8) is 0 Å². The van der Waals surface area contributed by atoms with E-state index in [4.69, 9.17) is 4.74 Å². The summed E-state index contributed by atoms with van der Waals surface area (Å²) in [5.41, 5.74) is 1.56. The van der Waals surface area contributed by atoms with E-state index in [2.05, 4.69) is 0 Å². The van der Waals surface area contributed by atoms with Crippen molar-refractivity contribution in [3.05, 3.63) is 65.7 Å². The van der Waals surface area contributed by atoms with Gasteiger partial charge in [-0.3, -0.25) is 0 Å². The first-order valence-electron chi connectivity index (χ1n) is 6.46. The number of carbonyl (C=O) groups is 1. The Hall–Kier alpha value is -2.55. The number of ether oxygens (including phenoxy) is 1. The largest absolute Gasteiger partial charge is 0.507 e. The summed E-state index contributed by atoms with van der Waals surface area (Å²) in [4.78, 5) is 11.8. The number of benzene rings is 2. The van der Waals surface area contributed by atoms with E-state index in [-0.39, 0.29) is 5.75 Å². The average Bonchev–Trinajstić information content (AvgIpc) is 2.47. The second kappa shape index (κ2) is 6.57. The van der Waals surface area contributed by atoms with E-state index >= 15 is 0 Å². The first-order chi connectivity index (χ1) is 9.70. The Morgan fingerprint density at radius 1 is 1.15 bits per heavy atom. The van der Waals surface area contributed by atoms with Gasteiger partial charge in [0.15, 0.2) is 0 Å². The van der Waals surface area contributed by atoms with Crippen LogP contribution in [0.1, 0.15) is 18.1 Å². The summed E-state index contributed by atoms with van der Waals surface area (Å²) in [5, 5.41) is 9.59. The van der Waals surface area contributed by atoms with Gasteiger partial charge in [0.2, 0.25) is 0 Å². The topological polar surface area (TPSA) is 46.5 Å². The third-order valence-corrected chi connectivity index (χ3v) is 2.90. The minimum Gasteiger partial charge on any atom is -0.507 e. The van der Waals surface area contributed by atoms with Gasteiger partial charge in [-0.05, 0) is 30.2 Å². The molecular weight excluding hydrogens is 252 g/mol. The predicted molar refractivity (Wildman–Crippen MR) is 78.6 cm³/mol. The highest BCUT2D eigenvalue weighted by molar-refractivity contribution is 5.89. The maximum absolute atomic E-state index is 11.8. The van der Waals surface area contributed by atoms with E-state index in [0.717, 1.165) is 12.0 Å². The predicted octanol–water partition coefficient (Wildman–Crippen LogP) is 3.57. The zero-order valence-electron chi connectivity index (χ0n) is 11.2. The number of phenols is 1. The molecule has 2 aromatic rings. The van der Waals surface area contributed by atoms with E-state index in [9.17, 15) is 9.90 Å². The fraction of sp³-hybridized carbons (Fsp3) is 0.118. The number of phenolic OH excluding ortho intramolecular Hbond substituents is 1. The second-order valence-corrected chi connectivity index (χ2v) is 4.27. The van der Waals surface area contributed by atoms with Crippen LogP contribution in [0.5, 0.6) is 11.5 Å². The Bertz CT molecular complexity index is 630. The fourth-order valence-corrected chi connectivity index (χ4v) is 1.82. The quantitative estimate of drug-likeness (QED) is 0.524. The summed E-state index contributed by atoms with van der Waals surface area (Å²) >= 11 is 0. The molecule has 0 amide bonds. The normalized spacial score (nSPS) is 10.7. The average molecular weight is 268 g/mol. The van der Waals surface area contributed by atoms with Crippen LogP contribution in [-0.2, 0) is 11.2 Å². The molecule has 3 nitrogen and oxygen atoms in total. The van der Waals surface area contributed by atoms with Gasteiger partial charge in [0.1, 0.15) is 11.5 Å². The van der Waals surface area contributed by atoms with Crippen LogP contribution < -0.4 is 4.74 Å². The minimum atomic E-state index is -0.464. The third kappa shape index (κ3) is 3.48. The Kier molecular flexibility index (Phi) is 4.56. The third-order valence-electron chi connectivity index (χ3n) is 2.90. The van der Waals surface area contributed by atoms with Crippen LogP contribution in [0.4, 0.5) is 0 Å². The molecule has 0 aliphatic heterocycles. The molecular formula is C17H16O3. The van der Waals surface area contributed by atoms with Crippen molar-refractivity contribution >= 4 is 12.0 Å². The maximum atomic E-state index is 11.8. The van der Waals surface area contributed by atoms with E-state index in [1.807, 2.05) is 25.1 Å². The lowest BCUT2D eigenvalue weighted by Gasteiger charge is -2.06. The lowest BCUT2D eigenvalue weighted by molar-refractivity contribution is -0.128. The number of hydrogen-bond acceptors (Lipinski definition) is 3. The van der Waals surface area contributed by atoms with Crippen molar-refractivity contribution in [3.8, 4) is 11.5 Å². The standard InChI is InChI=1S/C17H16O3/c1-2-13-7-4-6-10-16(13)20-17(19)12-11-14-8-3-5-9-15(14)18/h3-12,18H,2H2,1H3. The number of rotatable bonds is 4. The first kappa shape index (κ1) is 13.9. The van der Waals surface area contributed by atoms with Gasteiger partial charge in [-0.1, -0.05) is 43.3 Å². The molecule has 0 heterocycles. The molecule has 0 saturated carbocycles. The summed E-state index contributed by atoms with van der Waals surface area (Å²) in [7, 11) is 0. The highest BCUT2D eigenvalue weighted by Crippen LogP contribution is 2.20. The van der Waals surface area contributed by atoms with Gasteiger partial charge in [0.25, 0.3) is 0 Å². The van der Waals surface area contributed by atoms with Crippen LogP contribution in [0.25, 0.3) is 6.08 Å². The lowest BCUT2D eigenvalue weighted by atomic mass is 10.1. The van der Waals surface area contributed by atoms with E-state index in [0.29, 0.717) is 11.3 Å². The van der Waals surface area contributed by atoms with Gasteiger partial charge in [-0.15, -0.1) is 0 Å². The monoisotopic (exact) mass is 268 g/mol. The van der Waals surface area contributed by atoms with Gasteiger partial charge < -0.3 is 9.84 Å². The summed E-state index contributed by atoms with van der Waals surface area (Å²) in [6.45, 7) is 2.00. The molecule has 2 rings (SSSR count). The zero-order valence-corrected chi connectivity index (χ0v) is 11.2. The molecule has 0 radical (unpaired) electrons. The Morgan fingerprint density at radius 2 is 1.85 bits per heavy atom. The molecule has 0 aromatic heterocycles. The highest BCUT2D eigenvalue weighted by Gasteiger charge is 2.05. The van der Waals surface area contributed by atoms with Crippen LogP contribution in [0.2, 0.25) is 0 Å². The molecule has 0 atom stereocenters. The number of esters is 1. The van der Waals surface area contributed by atoms with Crippen molar-refractivity contribution in [1.29, 1.82) is 0 Å². The number of aryl methyl sites for hydroxylation is 1. The summed E-state index contributed by atoms with van der Waals surface area (Å²) in [5.74, 6) is 0.238. The summed E-state index contributed by atoms with van der Waals surface area (Å²) < 4.78 is 5.29. The molecule has 0 spiro atoms. The van der Waals surface area contributed by atoms with Gasteiger partial charge >= 0.3 is 5.97 Å². The molecule has 0 fully saturated rings. The van der Waals surface area contributed by atoms with Crippen LogP contribution in [0.15, 0.2) is 54.6 Å². The lowest BCUT2D eigenvalue weighted by Crippen LogP contribution is -2.05. The van der Waals surface area contributed by atoms with Crippen molar-refractivity contribution in [2.75, 3.05) is 0 Å². The van der Waals surface area contributed by atoms with Crippen LogP contribution >= 0.6 is 0 Å². The summed E-state index contributed by atoms with van der Waals surface area (Å²) in [6, 6.07) is 14.2. The van der Waals surface area contributed by atoms with Gasteiger partial charge in [-0.2, -0.15) is 0 Å². The van der Waals surface area contributed by atoms with Crippen molar-refractivity contribution < 1.29 is 14.6 Å². The molecule has 3 heteroatoms. The molecule has 0 bridgehead atoms. The molecule has 1 N–H and O–H groups in total. The molecule has 0 aliphatic rings. The second-order valence-electron chi connectivity index (χ2n) is 4.27. The van der Waals surface area contributed by atoms with Crippen molar-refractivity contribution in [1.82, 2.24) is 0 Å². The molecule has 0 unspecified atom stereocenters. The first-order valence-corrected chi connectivity index (χ1v) is 6.46.